The molecule has 0 spiro atoms. The van der Waals surface area contributed by atoms with Crippen LogP contribution in [0.1, 0.15) is 55.9 Å². The van der Waals surface area contributed by atoms with Crippen LogP contribution >= 0.6 is 22.9 Å². The molecule has 1 aliphatic heterocycles. The lowest BCUT2D eigenvalue weighted by Crippen LogP contribution is -2.24. The van der Waals surface area contributed by atoms with E-state index in [0.717, 1.165) is 21.8 Å². The number of nitrogens with zero attached hydrogens (tertiary/aromatic N) is 2. The second kappa shape index (κ2) is 10.4. The summed E-state index contributed by atoms with van der Waals surface area (Å²) < 4.78 is 38.4. The number of hydrogen-bond donors (Lipinski definition) is 3. The van der Waals surface area contributed by atoms with E-state index in [0.29, 0.717) is 41.8 Å². The average molecular weight is 569 g/mol. The van der Waals surface area contributed by atoms with Gasteiger partial charge in [0.25, 0.3) is 0 Å². The highest BCUT2D eigenvalue weighted by Gasteiger charge is 2.35. The van der Waals surface area contributed by atoms with Crippen LogP contribution in [0.25, 0.3) is 0 Å². The monoisotopic (exact) mass is 568 g/mol. The molecule has 198 valence electrons. The number of hydrogen-bond acceptors (Lipinski definition) is 11. The van der Waals surface area contributed by atoms with Crippen molar-refractivity contribution in [2.24, 2.45) is 11.1 Å². The SMILES string of the molecule is Cc1sc(C(=O)c2cncnc2N[C@@H]2C[C@H](COS(N)(=O)=O)[C@@H](O)C2)cc1[C@@H]1OCCc2oc(Cl)cc21. The third-order valence-electron chi connectivity index (χ3n) is 6.57. The summed E-state index contributed by atoms with van der Waals surface area (Å²) in [5.41, 5.74) is 2.02. The smallest absolute Gasteiger partial charge is 0.333 e. The van der Waals surface area contributed by atoms with Crippen LogP contribution in [0.4, 0.5) is 5.82 Å². The van der Waals surface area contributed by atoms with Crippen molar-refractivity contribution in [1.82, 2.24) is 9.97 Å². The number of ketones is 1. The topological polar surface area (TPSA) is 167 Å². The van der Waals surface area contributed by atoms with E-state index in [1.165, 1.54) is 23.9 Å². The number of aryl methyl sites for hydroxylation is 1. The second-order valence-corrected chi connectivity index (χ2v) is 11.9. The Hall–Kier alpha value is -2.39. The van der Waals surface area contributed by atoms with Crippen LogP contribution in [0.15, 0.2) is 29.1 Å². The molecule has 3 aromatic heterocycles. The van der Waals surface area contributed by atoms with E-state index >= 15 is 0 Å². The van der Waals surface area contributed by atoms with Crippen molar-refractivity contribution >= 4 is 44.8 Å². The molecule has 0 bridgehead atoms. The van der Waals surface area contributed by atoms with E-state index < -0.39 is 22.3 Å². The van der Waals surface area contributed by atoms with E-state index in [-0.39, 0.29) is 30.1 Å². The number of thiophene rings is 1. The number of aromatic nitrogens is 2. The van der Waals surface area contributed by atoms with Crippen molar-refractivity contribution in [2.75, 3.05) is 18.5 Å². The zero-order valence-electron chi connectivity index (χ0n) is 19.7. The quantitative estimate of drug-likeness (QED) is 0.344. The fourth-order valence-electron chi connectivity index (χ4n) is 4.83. The van der Waals surface area contributed by atoms with Gasteiger partial charge in [0.05, 0.1) is 29.8 Å². The Kier molecular flexibility index (Phi) is 7.38. The van der Waals surface area contributed by atoms with Gasteiger partial charge in [0.1, 0.15) is 24.0 Å². The molecule has 37 heavy (non-hydrogen) atoms. The number of carbonyl (C=O) groups excluding carboxylic acids is 1. The first kappa shape index (κ1) is 26.2. The molecular weight excluding hydrogens is 544 g/mol. The normalized spacial score (nSPS) is 23.7. The standard InChI is InChI=1S/C23H25ClN4O7S2/c1-11-14(22-15-7-20(24)35-18(15)2-3-33-22)6-19(36-11)21(30)16-8-26-10-27-23(16)28-13-4-12(17(29)5-13)9-34-37(25,31)32/h6-8,10,12-13,17,22,29H,2-5,9H2,1H3,(H2,25,31,32)(H,26,27,28)/t12-,13-,17+,22+/m1/s1. The van der Waals surface area contributed by atoms with Gasteiger partial charge in [0.2, 0.25) is 5.78 Å². The van der Waals surface area contributed by atoms with Gasteiger partial charge >= 0.3 is 10.3 Å². The molecule has 4 heterocycles. The molecule has 4 N–H and O–H groups in total. The molecule has 1 fully saturated rings. The number of ether oxygens (including phenoxy) is 1. The van der Waals surface area contributed by atoms with Crippen LogP contribution in [0.5, 0.6) is 0 Å². The van der Waals surface area contributed by atoms with Gasteiger partial charge in [-0.25, -0.2) is 15.1 Å². The Balaban J connectivity index is 1.34. The van der Waals surface area contributed by atoms with E-state index in [2.05, 4.69) is 19.5 Å². The summed E-state index contributed by atoms with van der Waals surface area (Å²) in [6.45, 7) is 2.19. The van der Waals surface area contributed by atoms with Gasteiger partial charge in [0.15, 0.2) is 5.22 Å². The van der Waals surface area contributed by atoms with Crippen LogP contribution < -0.4 is 10.5 Å². The van der Waals surface area contributed by atoms with E-state index in [1.54, 1.807) is 6.07 Å². The van der Waals surface area contributed by atoms with Crippen LogP contribution in [0.3, 0.4) is 0 Å². The molecule has 1 aliphatic carbocycles. The number of rotatable bonds is 8. The first-order valence-corrected chi connectivity index (χ1v) is 14.2. The van der Waals surface area contributed by atoms with Gasteiger partial charge in [-0.1, -0.05) is 0 Å². The Bertz CT molecular complexity index is 1420. The summed E-state index contributed by atoms with van der Waals surface area (Å²) >= 11 is 7.42. The number of halogens is 1. The Morgan fingerprint density at radius 2 is 2.16 bits per heavy atom. The third-order valence-corrected chi connectivity index (χ3v) is 8.29. The first-order chi connectivity index (χ1) is 17.6. The molecule has 0 radical (unpaired) electrons. The van der Waals surface area contributed by atoms with Crippen LogP contribution in [0.2, 0.25) is 5.22 Å². The minimum absolute atomic E-state index is 0.224. The maximum Gasteiger partial charge on any atom is 0.333 e. The van der Waals surface area contributed by atoms with Crippen LogP contribution in [0, 0.1) is 12.8 Å². The Morgan fingerprint density at radius 1 is 1.35 bits per heavy atom. The number of carbonyl (C=O) groups is 1. The lowest BCUT2D eigenvalue weighted by molar-refractivity contribution is 0.0643. The molecule has 3 aromatic rings. The third kappa shape index (κ3) is 5.72. The number of anilines is 1. The summed E-state index contributed by atoms with van der Waals surface area (Å²) in [5, 5.41) is 18.7. The van der Waals surface area contributed by atoms with Crippen molar-refractivity contribution in [3.8, 4) is 0 Å². The average Bonchev–Trinajstić information content (AvgIpc) is 3.52. The maximum absolute atomic E-state index is 13.5. The largest absolute Gasteiger partial charge is 0.449 e. The zero-order valence-corrected chi connectivity index (χ0v) is 22.1. The second-order valence-electron chi connectivity index (χ2n) is 9.08. The van der Waals surface area contributed by atoms with Gasteiger partial charge in [-0.3, -0.25) is 8.98 Å². The van der Waals surface area contributed by atoms with Gasteiger partial charge in [-0.05, 0) is 43.0 Å². The highest BCUT2D eigenvalue weighted by atomic mass is 35.5. The number of aliphatic hydroxyl groups excluding tert-OH is 1. The van der Waals surface area contributed by atoms with Crippen molar-refractivity contribution in [3.05, 3.63) is 62.1 Å². The molecule has 5 rings (SSSR count). The maximum atomic E-state index is 13.5. The minimum atomic E-state index is -4.10. The first-order valence-electron chi connectivity index (χ1n) is 11.6. The highest BCUT2D eigenvalue weighted by molar-refractivity contribution is 7.84. The van der Waals surface area contributed by atoms with Crippen molar-refractivity contribution in [2.45, 2.75) is 44.4 Å². The predicted molar refractivity (Wildman–Crippen MR) is 135 cm³/mol. The lowest BCUT2D eigenvalue weighted by Gasteiger charge is -2.22. The molecule has 0 saturated heterocycles. The molecular formula is C23H25ClN4O7S2. The Labute approximate surface area is 222 Å². The van der Waals surface area contributed by atoms with E-state index in [4.69, 9.17) is 25.9 Å². The van der Waals surface area contributed by atoms with E-state index in [9.17, 15) is 18.3 Å². The van der Waals surface area contributed by atoms with Crippen LogP contribution in [-0.4, -0.2) is 54.6 Å². The molecule has 0 aromatic carbocycles. The number of nitrogens with one attached hydrogen (secondary N) is 1. The molecule has 11 nitrogen and oxygen atoms in total. The van der Waals surface area contributed by atoms with E-state index in [1.807, 2.05) is 13.0 Å². The fourth-order valence-corrected chi connectivity index (χ4v) is 6.41. The molecule has 1 saturated carbocycles. The van der Waals surface area contributed by atoms with Gasteiger partial charge in [-0.2, -0.15) is 8.42 Å². The zero-order chi connectivity index (χ0) is 26.3. The minimum Gasteiger partial charge on any atom is -0.449 e. The summed E-state index contributed by atoms with van der Waals surface area (Å²) in [5.74, 6) is 0.428. The molecule has 2 aliphatic rings. The van der Waals surface area contributed by atoms with Crippen molar-refractivity contribution in [3.63, 3.8) is 0 Å². The van der Waals surface area contributed by atoms with Crippen LogP contribution in [-0.2, 0) is 25.6 Å². The van der Waals surface area contributed by atoms with Crippen molar-refractivity contribution in [1.29, 1.82) is 0 Å². The highest BCUT2D eigenvalue weighted by Crippen LogP contribution is 2.40. The summed E-state index contributed by atoms with van der Waals surface area (Å²) in [7, 11) is -4.10. The summed E-state index contributed by atoms with van der Waals surface area (Å²) in [6.07, 6.45) is 2.98. The molecule has 0 amide bonds. The number of furan rings is 1. The number of fused-ring (bicyclic) bond motifs is 1. The predicted octanol–water partition coefficient (Wildman–Crippen LogP) is 2.76. The summed E-state index contributed by atoms with van der Waals surface area (Å²) in [6, 6.07) is 3.31. The summed E-state index contributed by atoms with van der Waals surface area (Å²) in [4.78, 5) is 23.3. The van der Waals surface area contributed by atoms with Crippen molar-refractivity contribution < 1.29 is 31.7 Å². The number of nitrogens with two attached hydrogens (primary N) is 1. The van der Waals surface area contributed by atoms with Gasteiger partial charge in [0, 0.05) is 41.1 Å². The number of aliphatic hydroxyl groups is 1. The molecule has 4 atom stereocenters. The lowest BCUT2D eigenvalue weighted by atomic mass is 9.98. The van der Waals surface area contributed by atoms with Gasteiger partial charge in [-0.15, -0.1) is 11.3 Å². The molecule has 0 unspecified atom stereocenters. The van der Waals surface area contributed by atoms with Gasteiger partial charge < -0.3 is 19.6 Å². The Morgan fingerprint density at radius 3 is 2.95 bits per heavy atom. The molecule has 14 heteroatoms. The fraction of sp³-hybridized carbons (Fsp3) is 0.435.